The van der Waals surface area contributed by atoms with E-state index in [-0.39, 0.29) is 25.6 Å². The molecule has 0 N–H and O–H groups in total. The normalized spacial score (nSPS) is 22.2. The lowest BCUT2D eigenvalue weighted by Crippen LogP contribution is -2.54. The van der Waals surface area contributed by atoms with Crippen LogP contribution < -0.4 is 0 Å². The third-order valence-corrected chi connectivity index (χ3v) is 8.77. The van der Waals surface area contributed by atoms with E-state index in [1.54, 1.807) is 20.8 Å². The number of halogens is 4. The number of rotatable bonds is 4. The monoisotopic (exact) mass is 703 g/mol. The van der Waals surface area contributed by atoms with E-state index in [0.29, 0.717) is 12.1 Å². The maximum Gasteiger partial charge on any atom is 0.523 e. The second-order valence-corrected chi connectivity index (χ2v) is 15.3. The molecule has 246 valence electrons. The second kappa shape index (κ2) is 13.1. The Kier molecular flexibility index (Phi) is 10.8. The molecule has 3 fully saturated rings. The van der Waals surface area contributed by atoms with Crippen molar-refractivity contribution in [3.05, 3.63) is 16.4 Å². The van der Waals surface area contributed by atoms with E-state index in [2.05, 4.69) is 41.7 Å². The fourth-order valence-corrected chi connectivity index (χ4v) is 5.67. The second-order valence-electron chi connectivity index (χ2n) is 12.8. The van der Waals surface area contributed by atoms with E-state index in [4.69, 9.17) is 9.47 Å². The maximum absolute atomic E-state index is 12.1. The molecule has 1 aromatic rings. The van der Waals surface area contributed by atoms with E-state index in [1.807, 2.05) is 31.9 Å². The van der Waals surface area contributed by atoms with Gasteiger partial charge in [0.15, 0.2) is 0 Å². The number of hydrogen-bond acceptors (Lipinski definition) is 9. The Morgan fingerprint density at radius 2 is 1.40 bits per heavy atom. The summed E-state index contributed by atoms with van der Waals surface area (Å²) in [6, 6.07) is 0.884. The molecular weight excluding hydrogens is 663 g/mol. The number of carbonyl (C=O) groups is 2. The molecule has 3 aliphatic heterocycles. The van der Waals surface area contributed by atoms with Gasteiger partial charge in [0.05, 0.1) is 29.4 Å². The summed E-state index contributed by atoms with van der Waals surface area (Å²) in [6.45, 7) is 16.1. The van der Waals surface area contributed by atoms with Gasteiger partial charge in [0, 0.05) is 44.5 Å². The van der Waals surface area contributed by atoms with E-state index in [9.17, 15) is 31.2 Å². The minimum absolute atomic E-state index is 0.00540. The van der Waals surface area contributed by atoms with Crippen LogP contribution in [0.3, 0.4) is 0 Å². The van der Waals surface area contributed by atoms with E-state index < -0.39 is 39.0 Å². The van der Waals surface area contributed by atoms with Crippen LogP contribution in [0.2, 0.25) is 0 Å². The average Bonchev–Trinajstić information content (AvgIpc) is 3.53. The lowest BCUT2D eigenvalue weighted by molar-refractivity contribution is -0.0569. The lowest BCUT2D eigenvalue weighted by Gasteiger charge is -2.43. The molecular formula is C26H41BrF3N5O7S. The van der Waals surface area contributed by atoms with Crippen molar-refractivity contribution in [2.75, 3.05) is 39.3 Å². The van der Waals surface area contributed by atoms with Gasteiger partial charge >= 0.3 is 27.8 Å². The van der Waals surface area contributed by atoms with Crippen molar-refractivity contribution in [3.8, 4) is 0 Å². The molecule has 12 nitrogen and oxygen atoms in total. The number of amides is 2. The molecule has 17 heteroatoms. The molecule has 4 rings (SSSR count). The fraction of sp³-hybridized carbons (Fsp3) is 0.808. The SMILES string of the molecule is CC(C)(C)OC(=O)N1CC[C@H](OS(=O)(=O)C(F)(F)F)C1.Cc1c(Br)cnn1C1CN([C@@H]2CCN(C(=O)OC(C)(C)C)C2)C1. The number of likely N-dealkylation sites (tertiary alicyclic amines) is 3. The van der Waals surface area contributed by atoms with Crippen LogP contribution >= 0.6 is 15.9 Å². The highest BCUT2D eigenvalue weighted by Crippen LogP contribution is 2.31. The van der Waals surface area contributed by atoms with Gasteiger partial charge in [0.1, 0.15) is 11.2 Å². The zero-order chi connectivity index (χ0) is 32.5. The topological polar surface area (TPSA) is 124 Å². The summed E-state index contributed by atoms with van der Waals surface area (Å²) in [5.41, 5.74) is -5.46. The molecule has 0 radical (unpaired) electrons. The van der Waals surface area contributed by atoms with Gasteiger partial charge in [-0.3, -0.25) is 13.8 Å². The van der Waals surface area contributed by atoms with Gasteiger partial charge in [-0.25, -0.2) is 9.59 Å². The molecule has 3 aliphatic rings. The number of ether oxygens (including phenoxy) is 2. The van der Waals surface area contributed by atoms with Crippen LogP contribution in [0.15, 0.2) is 10.7 Å². The highest BCUT2D eigenvalue weighted by atomic mass is 79.9. The summed E-state index contributed by atoms with van der Waals surface area (Å²) in [5.74, 6) is 0. The van der Waals surface area contributed by atoms with Crippen LogP contribution in [0.25, 0.3) is 0 Å². The number of hydrogen-bond donors (Lipinski definition) is 0. The van der Waals surface area contributed by atoms with E-state index in [1.165, 1.54) is 5.69 Å². The molecule has 2 atom stereocenters. The number of nitrogens with zero attached hydrogens (tertiary/aromatic N) is 5. The first-order chi connectivity index (χ1) is 19.6. The number of aromatic nitrogens is 2. The molecule has 0 bridgehead atoms. The first-order valence-electron chi connectivity index (χ1n) is 14.0. The summed E-state index contributed by atoms with van der Waals surface area (Å²) >= 11 is 3.51. The van der Waals surface area contributed by atoms with Crippen LogP contribution in [0.1, 0.15) is 66.1 Å². The fourth-order valence-electron chi connectivity index (χ4n) is 4.78. The lowest BCUT2D eigenvalue weighted by atomic mass is 10.0. The Balaban J connectivity index is 0.000000238. The molecule has 2 amide bonds. The Bertz CT molecular complexity index is 1260. The van der Waals surface area contributed by atoms with Crippen molar-refractivity contribution < 1.29 is 44.8 Å². The third-order valence-electron chi connectivity index (χ3n) is 6.90. The molecule has 0 unspecified atom stereocenters. The zero-order valence-electron chi connectivity index (χ0n) is 25.5. The van der Waals surface area contributed by atoms with Crippen molar-refractivity contribution in [1.82, 2.24) is 24.5 Å². The average molecular weight is 705 g/mol. The predicted octanol–water partition coefficient (Wildman–Crippen LogP) is 4.68. The smallest absolute Gasteiger partial charge is 0.444 e. The van der Waals surface area contributed by atoms with Crippen molar-refractivity contribution in [2.24, 2.45) is 0 Å². The van der Waals surface area contributed by atoms with Crippen LogP contribution in [-0.2, 0) is 23.8 Å². The van der Waals surface area contributed by atoms with Crippen molar-refractivity contribution in [2.45, 2.75) is 96.2 Å². The molecule has 0 saturated carbocycles. The van der Waals surface area contributed by atoms with E-state index >= 15 is 0 Å². The summed E-state index contributed by atoms with van der Waals surface area (Å²) in [7, 11) is -5.64. The molecule has 0 spiro atoms. The molecule has 0 aliphatic carbocycles. The molecule has 0 aromatic carbocycles. The Hall–Kier alpha value is -2.11. The summed E-state index contributed by atoms with van der Waals surface area (Å²) in [5, 5.41) is 4.44. The van der Waals surface area contributed by atoms with Crippen LogP contribution in [0, 0.1) is 6.92 Å². The molecule has 4 heterocycles. The quantitative estimate of drug-likeness (QED) is 0.325. The van der Waals surface area contributed by atoms with Gasteiger partial charge in [0.25, 0.3) is 0 Å². The highest BCUT2D eigenvalue weighted by Gasteiger charge is 2.49. The zero-order valence-corrected chi connectivity index (χ0v) is 27.9. The van der Waals surface area contributed by atoms with Gasteiger partial charge in [-0.15, -0.1) is 0 Å². The van der Waals surface area contributed by atoms with Gasteiger partial charge in [0.2, 0.25) is 0 Å². The minimum Gasteiger partial charge on any atom is -0.444 e. The molecule has 43 heavy (non-hydrogen) atoms. The van der Waals surface area contributed by atoms with Gasteiger partial charge < -0.3 is 19.3 Å². The minimum atomic E-state index is -5.64. The Morgan fingerprint density at radius 1 is 0.884 bits per heavy atom. The Morgan fingerprint density at radius 3 is 1.86 bits per heavy atom. The van der Waals surface area contributed by atoms with Crippen molar-refractivity contribution in [1.29, 1.82) is 0 Å². The van der Waals surface area contributed by atoms with E-state index in [0.717, 1.165) is 42.0 Å². The standard InChI is InChI=1S/C16H25BrN4O2.C10H16F3NO5S/c1-11-14(17)7-18-21(11)13-9-20(10-13)12-5-6-19(8-12)15(22)23-16(2,3)4;1-9(2,3)18-8(15)14-5-4-7(6-14)19-20(16,17)10(11,12)13/h7,12-13H,5-6,8-10H2,1-4H3;7H,4-6H2,1-3H3/t12-;7-/m10/s1. The number of alkyl halides is 3. The summed E-state index contributed by atoms with van der Waals surface area (Å²) < 4.78 is 75.8. The van der Waals surface area contributed by atoms with Gasteiger partial charge in [-0.2, -0.15) is 26.7 Å². The molecule has 1 aromatic heterocycles. The van der Waals surface area contributed by atoms with Crippen molar-refractivity contribution in [3.63, 3.8) is 0 Å². The van der Waals surface area contributed by atoms with Crippen molar-refractivity contribution >= 4 is 38.2 Å². The first-order valence-corrected chi connectivity index (χ1v) is 16.2. The third kappa shape index (κ3) is 9.69. The number of carbonyl (C=O) groups excluding carboxylic acids is 2. The maximum atomic E-state index is 12.1. The first kappa shape index (κ1) is 35.4. The predicted molar refractivity (Wildman–Crippen MR) is 154 cm³/mol. The summed E-state index contributed by atoms with van der Waals surface area (Å²) in [6.07, 6.45) is 0.756. The van der Waals surface area contributed by atoms with Gasteiger partial charge in [-0.1, -0.05) is 0 Å². The van der Waals surface area contributed by atoms with Crippen LogP contribution in [0.5, 0.6) is 0 Å². The highest BCUT2D eigenvalue weighted by molar-refractivity contribution is 9.10. The largest absolute Gasteiger partial charge is 0.523 e. The van der Waals surface area contributed by atoms with Crippen LogP contribution in [0.4, 0.5) is 22.8 Å². The van der Waals surface area contributed by atoms with Crippen LogP contribution in [-0.4, -0.2) is 113 Å². The van der Waals surface area contributed by atoms with Gasteiger partial charge in [-0.05, 0) is 77.2 Å². The molecule has 3 saturated heterocycles. The summed E-state index contributed by atoms with van der Waals surface area (Å²) in [4.78, 5) is 29.2. The Labute approximate surface area is 259 Å².